The van der Waals surface area contributed by atoms with Crippen molar-refractivity contribution >= 4 is 29.5 Å². The standard InChI is InChI=1S/C15H25N3O3S/c1-3-5-6-16-7-12-10(8-19)11(9-20)13-14(21-12)22-15(18-13)17-4-2/h8-14,16H,3-7H2,1-2H3,(H,17,18)/t10-,11+,12-,13+,14+/m0/s1. The molecule has 0 aliphatic carbocycles. The lowest BCUT2D eigenvalue weighted by atomic mass is 9.82. The van der Waals surface area contributed by atoms with E-state index in [1.54, 1.807) is 0 Å². The van der Waals surface area contributed by atoms with Gasteiger partial charge in [0.1, 0.15) is 18.0 Å². The first-order chi connectivity index (χ1) is 10.7. The van der Waals surface area contributed by atoms with Crippen molar-refractivity contribution < 1.29 is 14.3 Å². The maximum absolute atomic E-state index is 11.5. The van der Waals surface area contributed by atoms with E-state index in [1.807, 2.05) is 6.92 Å². The summed E-state index contributed by atoms with van der Waals surface area (Å²) in [6.45, 7) is 6.39. The summed E-state index contributed by atoms with van der Waals surface area (Å²) >= 11 is 1.51. The number of unbranched alkanes of at least 4 members (excludes halogenated alkanes) is 1. The number of nitrogens with zero attached hydrogens (tertiary/aromatic N) is 1. The molecule has 2 N–H and O–H groups in total. The van der Waals surface area contributed by atoms with E-state index < -0.39 is 11.8 Å². The van der Waals surface area contributed by atoms with E-state index in [9.17, 15) is 9.59 Å². The number of thioether (sulfide) groups is 1. The van der Waals surface area contributed by atoms with Gasteiger partial charge in [-0.2, -0.15) is 0 Å². The Balaban J connectivity index is 2.03. The first-order valence-electron chi connectivity index (χ1n) is 8.00. The van der Waals surface area contributed by atoms with Crippen molar-refractivity contribution in [3.05, 3.63) is 0 Å². The summed E-state index contributed by atoms with van der Waals surface area (Å²) in [5.41, 5.74) is -0.182. The second-order valence-corrected chi connectivity index (χ2v) is 6.69. The van der Waals surface area contributed by atoms with E-state index >= 15 is 0 Å². The van der Waals surface area contributed by atoms with E-state index in [-0.39, 0.29) is 17.6 Å². The van der Waals surface area contributed by atoms with Gasteiger partial charge in [0, 0.05) is 13.1 Å². The van der Waals surface area contributed by atoms with Gasteiger partial charge in [-0.15, -0.1) is 0 Å². The van der Waals surface area contributed by atoms with Crippen LogP contribution < -0.4 is 10.6 Å². The van der Waals surface area contributed by atoms with Crippen molar-refractivity contribution in [1.82, 2.24) is 10.6 Å². The highest BCUT2D eigenvalue weighted by atomic mass is 32.2. The number of hydrogen-bond donors (Lipinski definition) is 2. The summed E-state index contributed by atoms with van der Waals surface area (Å²) in [6, 6.07) is -0.265. The summed E-state index contributed by atoms with van der Waals surface area (Å²) in [6.07, 6.45) is 3.66. The zero-order valence-corrected chi connectivity index (χ0v) is 14.0. The number of carbonyl (C=O) groups excluding carboxylic acids is 2. The van der Waals surface area contributed by atoms with Crippen LogP contribution in [-0.2, 0) is 14.3 Å². The molecule has 6 nitrogen and oxygen atoms in total. The maximum Gasteiger partial charge on any atom is 0.159 e. The van der Waals surface area contributed by atoms with E-state index in [2.05, 4.69) is 22.5 Å². The average molecular weight is 327 g/mol. The lowest BCUT2D eigenvalue weighted by Crippen LogP contribution is -2.52. The molecule has 2 rings (SSSR count). The molecule has 124 valence electrons. The van der Waals surface area contributed by atoms with Gasteiger partial charge in [0.2, 0.25) is 0 Å². The van der Waals surface area contributed by atoms with Crippen molar-refractivity contribution in [2.45, 2.75) is 44.3 Å². The highest BCUT2D eigenvalue weighted by Crippen LogP contribution is 2.40. The van der Waals surface area contributed by atoms with Crippen LogP contribution in [0.2, 0.25) is 0 Å². The Hall–Kier alpha value is -0.920. The normalized spacial score (nSPS) is 33.9. The smallest absolute Gasteiger partial charge is 0.159 e. The number of ether oxygens (including phenoxy) is 1. The van der Waals surface area contributed by atoms with Crippen molar-refractivity contribution in [1.29, 1.82) is 0 Å². The highest BCUT2D eigenvalue weighted by molar-refractivity contribution is 8.14. The molecule has 7 heteroatoms. The molecule has 0 aromatic carbocycles. The molecule has 0 aromatic rings. The quantitative estimate of drug-likeness (QED) is 0.507. The third-order valence-corrected chi connectivity index (χ3v) is 5.14. The molecule has 0 spiro atoms. The molecule has 0 amide bonds. The number of hydrogen-bond acceptors (Lipinski definition) is 7. The first-order valence-corrected chi connectivity index (χ1v) is 8.88. The van der Waals surface area contributed by atoms with Gasteiger partial charge in [-0.25, -0.2) is 0 Å². The van der Waals surface area contributed by atoms with Crippen LogP contribution in [0, 0.1) is 11.8 Å². The second kappa shape index (κ2) is 8.64. The number of aldehydes is 2. The Morgan fingerprint density at radius 2 is 2.05 bits per heavy atom. The van der Waals surface area contributed by atoms with Crippen LogP contribution in [-0.4, -0.2) is 55.0 Å². The highest BCUT2D eigenvalue weighted by Gasteiger charge is 2.48. The van der Waals surface area contributed by atoms with Gasteiger partial charge in [-0.05, 0) is 19.9 Å². The van der Waals surface area contributed by atoms with Gasteiger partial charge >= 0.3 is 0 Å². The maximum atomic E-state index is 11.5. The number of carbonyl (C=O) groups is 2. The van der Waals surface area contributed by atoms with Crippen LogP contribution in [0.15, 0.2) is 4.99 Å². The van der Waals surface area contributed by atoms with Crippen molar-refractivity contribution in [3.8, 4) is 0 Å². The molecule has 0 aromatic heterocycles. The Morgan fingerprint density at radius 1 is 1.27 bits per heavy atom. The van der Waals surface area contributed by atoms with E-state index in [0.717, 1.165) is 43.7 Å². The van der Waals surface area contributed by atoms with E-state index in [0.29, 0.717) is 6.54 Å². The molecule has 0 radical (unpaired) electrons. The zero-order chi connectivity index (χ0) is 15.9. The number of aliphatic imine (C=N–C) groups is 1. The number of nitrogens with one attached hydrogen (secondary N) is 2. The molecule has 0 bridgehead atoms. The van der Waals surface area contributed by atoms with Gasteiger partial charge in [0.15, 0.2) is 5.17 Å². The monoisotopic (exact) mass is 327 g/mol. The molecular weight excluding hydrogens is 302 g/mol. The molecule has 1 saturated heterocycles. The SMILES string of the molecule is CCCCNC[C@@H]1O[C@@H]2SC(NCC)=N[C@@H]2[C@H](C=O)[C@@H]1C=O. The minimum absolute atomic E-state index is 0.182. The van der Waals surface area contributed by atoms with Crippen molar-refractivity contribution in [2.24, 2.45) is 16.8 Å². The fourth-order valence-electron chi connectivity index (χ4n) is 2.84. The zero-order valence-electron chi connectivity index (χ0n) is 13.2. The Kier molecular flexibility index (Phi) is 6.85. The number of amidine groups is 1. The van der Waals surface area contributed by atoms with Crippen molar-refractivity contribution in [3.63, 3.8) is 0 Å². The topological polar surface area (TPSA) is 79.8 Å². The van der Waals surface area contributed by atoms with Crippen LogP contribution in [0.5, 0.6) is 0 Å². The van der Waals surface area contributed by atoms with Gasteiger partial charge in [-0.3, -0.25) is 4.99 Å². The largest absolute Gasteiger partial charge is 0.365 e. The Morgan fingerprint density at radius 3 is 2.68 bits per heavy atom. The Labute approximate surface area is 135 Å². The summed E-state index contributed by atoms with van der Waals surface area (Å²) in [7, 11) is 0. The van der Waals surface area contributed by atoms with Gasteiger partial charge in [0.25, 0.3) is 0 Å². The predicted molar refractivity (Wildman–Crippen MR) is 88.0 cm³/mol. The van der Waals surface area contributed by atoms with Crippen LogP contribution in [0.1, 0.15) is 26.7 Å². The molecule has 5 atom stereocenters. The lowest BCUT2D eigenvalue weighted by molar-refractivity contribution is -0.137. The van der Waals surface area contributed by atoms with Gasteiger partial charge in [0.05, 0.1) is 24.0 Å². The van der Waals surface area contributed by atoms with Crippen LogP contribution >= 0.6 is 11.8 Å². The third kappa shape index (κ3) is 3.88. The lowest BCUT2D eigenvalue weighted by Gasteiger charge is -2.38. The molecule has 2 heterocycles. The second-order valence-electron chi connectivity index (χ2n) is 5.60. The first kappa shape index (κ1) is 17.4. The summed E-state index contributed by atoms with van der Waals surface area (Å²) in [5.74, 6) is -0.837. The molecule has 1 fully saturated rings. The van der Waals surface area contributed by atoms with Crippen LogP contribution in [0.4, 0.5) is 0 Å². The number of fused-ring (bicyclic) bond motifs is 1. The minimum atomic E-state index is -0.432. The molecular formula is C15H25N3O3S. The molecule has 2 aliphatic heterocycles. The van der Waals surface area contributed by atoms with E-state index in [1.165, 1.54) is 11.8 Å². The molecule has 22 heavy (non-hydrogen) atoms. The average Bonchev–Trinajstić information content (AvgIpc) is 2.92. The summed E-state index contributed by atoms with van der Waals surface area (Å²) < 4.78 is 6.06. The van der Waals surface area contributed by atoms with Crippen LogP contribution in [0.25, 0.3) is 0 Å². The fourth-order valence-corrected chi connectivity index (χ4v) is 4.05. The third-order valence-electron chi connectivity index (χ3n) is 4.04. The summed E-state index contributed by atoms with van der Waals surface area (Å²) in [4.78, 5) is 27.5. The minimum Gasteiger partial charge on any atom is -0.365 e. The molecule has 0 unspecified atom stereocenters. The van der Waals surface area contributed by atoms with Crippen molar-refractivity contribution in [2.75, 3.05) is 19.6 Å². The molecule has 0 saturated carbocycles. The van der Waals surface area contributed by atoms with Gasteiger partial charge < -0.3 is 25.0 Å². The molecule has 2 aliphatic rings. The van der Waals surface area contributed by atoms with E-state index in [4.69, 9.17) is 4.74 Å². The van der Waals surface area contributed by atoms with Gasteiger partial charge in [-0.1, -0.05) is 25.1 Å². The predicted octanol–water partition coefficient (Wildman–Crippen LogP) is 0.812. The van der Waals surface area contributed by atoms with Crippen LogP contribution in [0.3, 0.4) is 0 Å². The number of rotatable bonds is 8. The summed E-state index contributed by atoms with van der Waals surface area (Å²) in [5, 5.41) is 7.28. The fraction of sp³-hybridized carbons (Fsp3) is 0.800. The Bertz CT molecular complexity index is 419.